The Morgan fingerprint density at radius 1 is 0.283 bits per heavy atom. The zero-order chi connectivity index (χ0) is 34.9. The molecule has 0 unspecified atom stereocenters. The first-order chi connectivity index (χ1) is 26.2. The number of hydrogen-bond donors (Lipinski definition) is 0. The van der Waals surface area contributed by atoms with Crippen LogP contribution in [0.5, 0.6) is 0 Å². The molecule has 2 aromatic heterocycles. The molecule has 0 saturated heterocycles. The first kappa shape index (κ1) is 30.4. The van der Waals surface area contributed by atoms with E-state index < -0.39 is 0 Å². The second kappa shape index (κ2) is 12.2. The number of nitrogens with zero attached hydrogens (tertiary/aromatic N) is 1. The molecule has 0 amide bonds. The highest BCUT2D eigenvalue weighted by molar-refractivity contribution is 7.26. The molecule has 0 fully saturated rings. The maximum atomic E-state index is 2.39. The second-order valence-electron chi connectivity index (χ2n) is 13.7. The molecule has 248 valence electrons. The smallest absolute Gasteiger partial charge is 0.0476 e. The molecule has 0 aliphatic heterocycles. The van der Waals surface area contributed by atoms with Crippen LogP contribution in [0.15, 0.2) is 188 Å². The monoisotopic (exact) mass is 709 g/mol. The molecule has 0 bridgehead atoms. The Morgan fingerprint density at radius 2 is 0.849 bits per heavy atom. The van der Waals surface area contributed by atoms with Crippen LogP contribution in [0.1, 0.15) is 0 Å². The third kappa shape index (κ3) is 5.12. The molecule has 1 nitrogen and oxygen atoms in total. The fourth-order valence-electron chi connectivity index (χ4n) is 8.02. The fourth-order valence-corrected chi connectivity index (χ4v) is 10.3. The van der Waals surface area contributed by atoms with E-state index in [4.69, 9.17) is 0 Å². The quantitative estimate of drug-likeness (QED) is 0.172. The minimum absolute atomic E-state index is 1.12. The predicted molar refractivity (Wildman–Crippen MR) is 233 cm³/mol. The van der Waals surface area contributed by atoms with Crippen LogP contribution in [0.2, 0.25) is 0 Å². The highest BCUT2D eigenvalue weighted by atomic mass is 32.1. The number of thiophene rings is 2. The van der Waals surface area contributed by atoms with Gasteiger partial charge in [-0.15, -0.1) is 22.7 Å². The van der Waals surface area contributed by atoms with Gasteiger partial charge in [-0.3, -0.25) is 0 Å². The molecule has 53 heavy (non-hydrogen) atoms. The average molecular weight is 710 g/mol. The minimum Gasteiger partial charge on any atom is -0.310 e. The minimum atomic E-state index is 1.12. The summed E-state index contributed by atoms with van der Waals surface area (Å²) in [5.74, 6) is 0. The lowest BCUT2D eigenvalue weighted by atomic mass is 9.98. The molecule has 0 radical (unpaired) electrons. The van der Waals surface area contributed by atoms with Crippen LogP contribution in [-0.2, 0) is 0 Å². The van der Waals surface area contributed by atoms with Gasteiger partial charge < -0.3 is 4.90 Å². The van der Waals surface area contributed by atoms with Crippen LogP contribution in [0.3, 0.4) is 0 Å². The van der Waals surface area contributed by atoms with Gasteiger partial charge in [-0.25, -0.2) is 0 Å². The van der Waals surface area contributed by atoms with Crippen molar-refractivity contribution >= 4 is 102 Å². The number of rotatable bonds is 5. The highest BCUT2D eigenvalue weighted by Crippen LogP contribution is 2.42. The van der Waals surface area contributed by atoms with Gasteiger partial charge in [0.15, 0.2) is 0 Å². The largest absolute Gasteiger partial charge is 0.310 e. The number of fused-ring (bicyclic) bond motifs is 8. The van der Waals surface area contributed by atoms with E-state index in [0.717, 1.165) is 17.1 Å². The number of benzene rings is 9. The van der Waals surface area contributed by atoms with Gasteiger partial charge in [-0.2, -0.15) is 0 Å². The molecule has 3 heteroatoms. The van der Waals surface area contributed by atoms with Crippen LogP contribution in [0, 0.1) is 0 Å². The lowest BCUT2D eigenvalue weighted by Crippen LogP contribution is -2.09. The Bertz CT molecular complexity index is 3160. The Morgan fingerprint density at radius 3 is 1.60 bits per heavy atom. The lowest BCUT2D eigenvalue weighted by Gasteiger charge is -2.26. The standard InChI is InChI=1S/C50H31NS2/c1-2-10-41-33(8-1)9-7-13-42(41)34-20-24-39(25-21-34)51(40-26-27-45-43-11-3-5-14-47(43)53-50(45)31-40)38-22-18-32(19-23-38)35-16-17-36-30-49-46(29-37(36)28-35)44-12-4-6-15-48(44)52-49/h1-31H. The molecular formula is C50H31NS2. The Kier molecular flexibility index (Phi) is 6.97. The summed E-state index contributed by atoms with van der Waals surface area (Å²) >= 11 is 3.74. The molecule has 0 N–H and O–H groups in total. The normalized spacial score (nSPS) is 11.8. The second-order valence-corrected chi connectivity index (χ2v) is 15.9. The molecule has 0 aliphatic rings. The third-order valence-electron chi connectivity index (χ3n) is 10.6. The Labute approximate surface area is 315 Å². The van der Waals surface area contributed by atoms with Crippen LogP contribution >= 0.6 is 22.7 Å². The summed E-state index contributed by atoms with van der Waals surface area (Å²) in [7, 11) is 0. The van der Waals surface area contributed by atoms with Gasteiger partial charge in [-0.1, -0.05) is 121 Å². The number of anilines is 3. The fraction of sp³-hybridized carbons (Fsp3) is 0. The summed E-state index contributed by atoms with van der Waals surface area (Å²) in [6.45, 7) is 0. The maximum absolute atomic E-state index is 2.39. The van der Waals surface area contributed by atoms with Crippen molar-refractivity contribution < 1.29 is 0 Å². The van der Waals surface area contributed by atoms with Crippen molar-refractivity contribution in [3.05, 3.63) is 188 Å². The van der Waals surface area contributed by atoms with Gasteiger partial charge in [0.1, 0.15) is 0 Å². The van der Waals surface area contributed by atoms with E-state index in [-0.39, 0.29) is 0 Å². The molecule has 0 aliphatic carbocycles. The SMILES string of the molecule is c1ccc2c(-c3ccc(N(c4ccc(-c5ccc6cc7sc8ccccc8c7cc6c5)cc4)c4ccc5c(c4)sc4ccccc45)cc3)cccc2c1. The van der Waals surface area contributed by atoms with E-state index in [2.05, 4.69) is 193 Å². The lowest BCUT2D eigenvalue weighted by molar-refractivity contribution is 1.29. The summed E-state index contributed by atoms with van der Waals surface area (Å²) < 4.78 is 5.29. The van der Waals surface area contributed by atoms with Gasteiger partial charge >= 0.3 is 0 Å². The van der Waals surface area contributed by atoms with E-state index in [0.29, 0.717) is 0 Å². The van der Waals surface area contributed by atoms with Crippen LogP contribution in [0.25, 0.3) is 84.1 Å². The van der Waals surface area contributed by atoms with E-state index in [1.54, 1.807) is 0 Å². The van der Waals surface area contributed by atoms with Gasteiger partial charge in [0.2, 0.25) is 0 Å². The van der Waals surface area contributed by atoms with E-state index in [1.807, 2.05) is 22.7 Å². The van der Waals surface area contributed by atoms with Crippen LogP contribution in [0.4, 0.5) is 17.1 Å². The van der Waals surface area contributed by atoms with Crippen molar-refractivity contribution in [3.8, 4) is 22.3 Å². The van der Waals surface area contributed by atoms with E-state index in [9.17, 15) is 0 Å². The molecule has 2 heterocycles. The molecule has 11 rings (SSSR count). The molecule has 11 aromatic rings. The molecular weight excluding hydrogens is 679 g/mol. The van der Waals surface area contributed by atoms with Gasteiger partial charge in [0.25, 0.3) is 0 Å². The highest BCUT2D eigenvalue weighted by Gasteiger charge is 2.16. The van der Waals surface area contributed by atoms with Crippen molar-refractivity contribution in [2.75, 3.05) is 4.90 Å². The third-order valence-corrected chi connectivity index (χ3v) is 12.9. The first-order valence-corrected chi connectivity index (χ1v) is 19.6. The van der Waals surface area contributed by atoms with Crippen molar-refractivity contribution in [1.29, 1.82) is 0 Å². The van der Waals surface area contributed by atoms with E-state index in [1.165, 1.54) is 84.1 Å². The zero-order valence-corrected chi connectivity index (χ0v) is 30.3. The zero-order valence-electron chi connectivity index (χ0n) is 28.7. The van der Waals surface area contributed by atoms with Gasteiger partial charge in [0, 0.05) is 57.4 Å². The Balaban J connectivity index is 1.00. The summed E-state index contributed by atoms with van der Waals surface area (Å²) in [5, 5.41) is 10.4. The molecule has 0 atom stereocenters. The summed E-state index contributed by atoms with van der Waals surface area (Å²) in [6, 6.07) is 69.3. The topological polar surface area (TPSA) is 3.24 Å². The summed E-state index contributed by atoms with van der Waals surface area (Å²) in [4.78, 5) is 2.39. The van der Waals surface area contributed by atoms with Gasteiger partial charge in [-0.05, 0) is 111 Å². The summed E-state index contributed by atoms with van der Waals surface area (Å²) in [5.41, 5.74) is 8.29. The Hall–Kier alpha value is -6.26. The van der Waals surface area contributed by atoms with Crippen molar-refractivity contribution in [1.82, 2.24) is 0 Å². The van der Waals surface area contributed by atoms with Gasteiger partial charge in [0.05, 0.1) is 0 Å². The van der Waals surface area contributed by atoms with Crippen LogP contribution in [-0.4, -0.2) is 0 Å². The maximum Gasteiger partial charge on any atom is 0.0476 e. The first-order valence-electron chi connectivity index (χ1n) is 18.0. The van der Waals surface area contributed by atoms with Crippen LogP contribution < -0.4 is 4.90 Å². The number of hydrogen-bond acceptors (Lipinski definition) is 3. The molecule has 0 spiro atoms. The molecule has 9 aromatic carbocycles. The van der Waals surface area contributed by atoms with Crippen molar-refractivity contribution in [3.63, 3.8) is 0 Å². The summed E-state index contributed by atoms with van der Waals surface area (Å²) in [6.07, 6.45) is 0. The van der Waals surface area contributed by atoms with E-state index >= 15 is 0 Å². The molecule has 0 saturated carbocycles. The van der Waals surface area contributed by atoms with Crippen molar-refractivity contribution in [2.45, 2.75) is 0 Å². The average Bonchev–Trinajstić information content (AvgIpc) is 3.77. The van der Waals surface area contributed by atoms with Crippen molar-refractivity contribution in [2.24, 2.45) is 0 Å². The predicted octanol–water partition coefficient (Wildman–Crippen LogP) is 15.5.